The maximum Gasteiger partial charge on any atom is 0.305 e. The molecular formula is C13H18N4O4. The highest BCUT2D eigenvalue weighted by Crippen LogP contribution is 2.34. The van der Waals surface area contributed by atoms with Gasteiger partial charge in [-0.3, -0.25) is 10.1 Å². The SMILES string of the molecule is Nc1ccc(N)c2c(N)ccc(N)c12.O=C(O)CCOO. The highest BCUT2D eigenvalue weighted by atomic mass is 17.1. The summed E-state index contributed by atoms with van der Waals surface area (Å²) in [5.74, 6) is -0.978. The number of nitrogens with two attached hydrogens (primary N) is 4. The van der Waals surface area contributed by atoms with Crippen molar-refractivity contribution in [2.75, 3.05) is 29.5 Å². The lowest BCUT2D eigenvalue weighted by Crippen LogP contribution is -1.99. The smallest absolute Gasteiger partial charge is 0.305 e. The van der Waals surface area contributed by atoms with E-state index in [9.17, 15) is 4.79 Å². The molecule has 0 unspecified atom stereocenters. The van der Waals surface area contributed by atoms with Crippen molar-refractivity contribution in [3.05, 3.63) is 24.3 Å². The van der Waals surface area contributed by atoms with Gasteiger partial charge in [-0.2, -0.15) is 0 Å². The summed E-state index contributed by atoms with van der Waals surface area (Å²) >= 11 is 0. The van der Waals surface area contributed by atoms with Crippen LogP contribution >= 0.6 is 0 Å². The zero-order valence-electron chi connectivity index (χ0n) is 11.2. The van der Waals surface area contributed by atoms with Gasteiger partial charge in [0.2, 0.25) is 0 Å². The van der Waals surface area contributed by atoms with Crippen molar-refractivity contribution in [2.45, 2.75) is 6.42 Å². The molecule has 0 aromatic heterocycles. The number of anilines is 4. The lowest BCUT2D eigenvalue weighted by Gasteiger charge is -2.10. The van der Waals surface area contributed by atoms with Crippen LogP contribution in [0.3, 0.4) is 0 Å². The Morgan fingerprint density at radius 1 is 0.905 bits per heavy atom. The molecule has 0 fully saturated rings. The third kappa shape index (κ3) is 4.13. The number of carboxylic acids is 1. The summed E-state index contributed by atoms with van der Waals surface area (Å²) in [6, 6.07) is 6.92. The molecule has 10 N–H and O–H groups in total. The minimum atomic E-state index is -0.978. The van der Waals surface area contributed by atoms with E-state index in [-0.39, 0.29) is 13.0 Å². The molecule has 114 valence electrons. The molecule has 0 saturated heterocycles. The summed E-state index contributed by atoms with van der Waals surface area (Å²) in [6.07, 6.45) is -0.156. The first-order valence-electron chi connectivity index (χ1n) is 5.98. The summed E-state index contributed by atoms with van der Waals surface area (Å²) in [4.78, 5) is 13.0. The first kappa shape index (κ1) is 16.3. The van der Waals surface area contributed by atoms with Gasteiger partial charge in [-0.15, -0.1) is 0 Å². The molecular weight excluding hydrogens is 276 g/mol. The van der Waals surface area contributed by atoms with Gasteiger partial charge in [0, 0.05) is 33.5 Å². The number of carboxylic acid groups (broad SMARTS) is 1. The normalized spacial score (nSPS) is 9.95. The molecule has 8 nitrogen and oxygen atoms in total. The van der Waals surface area contributed by atoms with Gasteiger partial charge >= 0.3 is 5.97 Å². The summed E-state index contributed by atoms with van der Waals surface area (Å²) in [5.41, 5.74) is 25.6. The fraction of sp³-hybridized carbons (Fsp3) is 0.154. The van der Waals surface area contributed by atoms with Crippen LogP contribution in [0.15, 0.2) is 24.3 Å². The van der Waals surface area contributed by atoms with Crippen molar-refractivity contribution in [2.24, 2.45) is 0 Å². The predicted molar refractivity (Wildman–Crippen MR) is 82.4 cm³/mol. The number of aliphatic carboxylic acids is 1. The Hall–Kier alpha value is -2.71. The van der Waals surface area contributed by atoms with Crippen molar-refractivity contribution in [3.63, 3.8) is 0 Å². The molecule has 0 saturated carbocycles. The Labute approximate surface area is 120 Å². The second kappa shape index (κ2) is 7.17. The van der Waals surface area contributed by atoms with Gasteiger partial charge in [-0.25, -0.2) is 4.89 Å². The number of fused-ring (bicyclic) bond motifs is 1. The van der Waals surface area contributed by atoms with Crippen molar-refractivity contribution in [1.29, 1.82) is 0 Å². The Bertz CT molecular complexity index is 556. The zero-order valence-corrected chi connectivity index (χ0v) is 11.2. The molecule has 2 rings (SSSR count). The molecule has 0 amide bonds. The zero-order chi connectivity index (χ0) is 16.0. The Morgan fingerprint density at radius 2 is 1.24 bits per heavy atom. The molecule has 0 aliphatic rings. The minimum absolute atomic E-state index is 0.144. The standard InChI is InChI=1S/C10H12N4.C3H6O4/c11-5-1-2-6(12)10-8(14)4-3-7(13)9(5)10;4-3(5)1-2-7-6/h1-4H,11-14H2;6H,1-2H2,(H,4,5). The van der Waals surface area contributed by atoms with Crippen LogP contribution in [-0.4, -0.2) is 22.9 Å². The third-order valence-electron chi connectivity index (χ3n) is 2.70. The van der Waals surface area contributed by atoms with Crippen LogP contribution in [0.1, 0.15) is 6.42 Å². The van der Waals surface area contributed by atoms with Crippen molar-refractivity contribution in [3.8, 4) is 0 Å². The molecule has 2 aromatic carbocycles. The molecule has 0 aliphatic carbocycles. The molecule has 2 aromatic rings. The maximum atomic E-state index is 9.57. The van der Waals surface area contributed by atoms with Gasteiger partial charge in [-0.05, 0) is 24.3 Å². The lowest BCUT2D eigenvalue weighted by atomic mass is 10.0. The molecule has 21 heavy (non-hydrogen) atoms. The monoisotopic (exact) mass is 294 g/mol. The Morgan fingerprint density at radius 3 is 1.43 bits per heavy atom. The van der Waals surface area contributed by atoms with Crippen LogP contribution in [0.4, 0.5) is 22.7 Å². The summed E-state index contributed by atoms with van der Waals surface area (Å²) < 4.78 is 0. The molecule has 0 heterocycles. The van der Waals surface area contributed by atoms with E-state index in [0.29, 0.717) is 22.7 Å². The topological polar surface area (TPSA) is 171 Å². The van der Waals surface area contributed by atoms with Gasteiger partial charge in [0.1, 0.15) is 0 Å². The average molecular weight is 294 g/mol. The first-order chi connectivity index (χ1) is 9.88. The van der Waals surface area contributed by atoms with E-state index < -0.39 is 5.97 Å². The van der Waals surface area contributed by atoms with Gasteiger partial charge < -0.3 is 28.0 Å². The van der Waals surface area contributed by atoms with E-state index in [2.05, 4.69) is 4.89 Å². The number of hydrogen-bond donors (Lipinski definition) is 6. The highest BCUT2D eigenvalue weighted by molar-refractivity contribution is 6.12. The van der Waals surface area contributed by atoms with Gasteiger partial charge in [0.25, 0.3) is 0 Å². The summed E-state index contributed by atoms with van der Waals surface area (Å²) in [7, 11) is 0. The Kier molecular flexibility index (Phi) is 5.58. The van der Waals surface area contributed by atoms with E-state index in [1.54, 1.807) is 24.3 Å². The molecule has 0 radical (unpaired) electrons. The van der Waals surface area contributed by atoms with E-state index >= 15 is 0 Å². The van der Waals surface area contributed by atoms with Gasteiger partial charge in [0.05, 0.1) is 13.0 Å². The van der Waals surface area contributed by atoms with Crippen LogP contribution in [0.25, 0.3) is 10.8 Å². The fourth-order valence-corrected chi connectivity index (χ4v) is 1.74. The maximum absolute atomic E-state index is 9.57. The van der Waals surface area contributed by atoms with Crippen LogP contribution in [0.2, 0.25) is 0 Å². The molecule has 0 spiro atoms. The van der Waals surface area contributed by atoms with Crippen LogP contribution < -0.4 is 22.9 Å². The van der Waals surface area contributed by atoms with Crippen molar-refractivity contribution in [1.82, 2.24) is 0 Å². The number of rotatable bonds is 3. The van der Waals surface area contributed by atoms with Crippen LogP contribution in [-0.2, 0) is 9.68 Å². The molecule has 0 bridgehead atoms. The lowest BCUT2D eigenvalue weighted by molar-refractivity contribution is -0.243. The molecule has 0 aliphatic heterocycles. The second-order valence-corrected chi connectivity index (χ2v) is 4.21. The van der Waals surface area contributed by atoms with Crippen LogP contribution in [0.5, 0.6) is 0 Å². The van der Waals surface area contributed by atoms with Gasteiger partial charge in [0.15, 0.2) is 0 Å². The highest BCUT2D eigenvalue weighted by Gasteiger charge is 2.07. The number of benzene rings is 2. The molecule has 8 heteroatoms. The Balaban J connectivity index is 0.000000270. The number of hydrogen-bond acceptors (Lipinski definition) is 7. The second-order valence-electron chi connectivity index (χ2n) is 4.21. The van der Waals surface area contributed by atoms with E-state index in [1.807, 2.05) is 0 Å². The largest absolute Gasteiger partial charge is 0.481 e. The third-order valence-corrected chi connectivity index (χ3v) is 2.70. The van der Waals surface area contributed by atoms with Crippen LogP contribution in [0, 0.1) is 0 Å². The summed E-state index contributed by atoms with van der Waals surface area (Å²) in [5, 5.41) is 16.9. The van der Waals surface area contributed by atoms with Crippen molar-refractivity contribution >= 4 is 39.5 Å². The van der Waals surface area contributed by atoms with E-state index in [4.69, 9.17) is 33.3 Å². The van der Waals surface area contributed by atoms with Gasteiger partial charge in [-0.1, -0.05) is 0 Å². The fourth-order valence-electron chi connectivity index (χ4n) is 1.74. The average Bonchev–Trinajstić information content (AvgIpc) is 2.44. The quantitative estimate of drug-likeness (QED) is 0.277. The minimum Gasteiger partial charge on any atom is -0.481 e. The first-order valence-corrected chi connectivity index (χ1v) is 5.98. The molecule has 0 atom stereocenters. The number of carbonyl (C=O) groups is 1. The van der Waals surface area contributed by atoms with E-state index in [1.165, 1.54) is 0 Å². The van der Waals surface area contributed by atoms with Crippen molar-refractivity contribution < 1.29 is 20.0 Å². The summed E-state index contributed by atoms with van der Waals surface area (Å²) in [6.45, 7) is -0.144. The van der Waals surface area contributed by atoms with E-state index in [0.717, 1.165) is 10.8 Å². The predicted octanol–water partition coefficient (Wildman–Crippen LogP) is 1.12. The number of nitrogen functional groups attached to an aromatic ring is 4.